The summed E-state index contributed by atoms with van der Waals surface area (Å²) < 4.78 is 6.09. The zero-order chi connectivity index (χ0) is 14.9. The predicted molar refractivity (Wildman–Crippen MR) is 92.4 cm³/mol. The van der Waals surface area contributed by atoms with Crippen LogP contribution in [0.1, 0.15) is 18.2 Å². The minimum Gasteiger partial charge on any atom is -0.460 e. The number of rotatable bonds is 2. The van der Waals surface area contributed by atoms with Crippen LogP contribution < -0.4 is 5.32 Å². The minimum absolute atomic E-state index is 0.873. The van der Waals surface area contributed by atoms with Gasteiger partial charge in [0.2, 0.25) is 0 Å². The average molecular weight is 287 g/mol. The molecule has 22 heavy (non-hydrogen) atoms. The van der Waals surface area contributed by atoms with Gasteiger partial charge in [0.05, 0.1) is 0 Å². The number of benzene rings is 2. The molecule has 1 heterocycles. The highest BCUT2D eigenvalue weighted by molar-refractivity contribution is 5.91. The van der Waals surface area contributed by atoms with Crippen LogP contribution in [0.2, 0.25) is 0 Å². The van der Waals surface area contributed by atoms with Gasteiger partial charge in [-0.25, -0.2) is 0 Å². The molecule has 0 unspecified atom stereocenters. The zero-order valence-corrected chi connectivity index (χ0v) is 12.5. The van der Waals surface area contributed by atoms with E-state index in [2.05, 4.69) is 60.8 Å². The number of nitrogens with one attached hydrogen (secondary N) is 1. The molecular formula is C20H17NO. The molecule has 0 radical (unpaired) electrons. The van der Waals surface area contributed by atoms with Crippen LogP contribution in [0, 0.1) is 0 Å². The third kappa shape index (κ3) is 2.33. The van der Waals surface area contributed by atoms with Crippen molar-refractivity contribution in [2.24, 2.45) is 0 Å². The first-order valence-electron chi connectivity index (χ1n) is 7.51. The van der Waals surface area contributed by atoms with Crippen molar-refractivity contribution >= 4 is 28.4 Å². The van der Waals surface area contributed by atoms with Crippen LogP contribution in [0.3, 0.4) is 0 Å². The summed E-state index contributed by atoms with van der Waals surface area (Å²) in [5, 5.41) is 4.58. The number of allylic oxidation sites excluding steroid dienone is 3. The second-order valence-corrected chi connectivity index (χ2v) is 5.69. The van der Waals surface area contributed by atoms with Gasteiger partial charge >= 0.3 is 0 Å². The lowest BCUT2D eigenvalue weighted by atomic mass is 10.1. The molecule has 2 heteroatoms. The number of hydrogen-bond acceptors (Lipinski definition) is 2. The normalized spacial score (nSPS) is 13.6. The number of furan rings is 1. The maximum atomic E-state index is 6.09. The lowest BCUT2D eigenvalue weighted by Crippen LogP contribution is -1.88. The smallest absolute Gasteiger partial charge is 0.136 e. The summed E-state index contributed by atoms with van der Waals surface area (Å²) >= 11 is 0. The Morgan fingerprint density at radius 2 is 1.86 bits per heavy atom. The fourth-order valence-corrected chi connectivity index (χ4v) is 2.87. The molecule has 3 aromatic rings. The molecule has 0 bridgehead atoms. The number of fused-ring (bicyclic) bond motifs is 3. The molecule has 1 aliphatic carbocycles. The third-order valence-electron chi connectivity index (χ3n) is 3.95. The van der Waals surface area contributed by atoms with Crippen molar-refractivity contribution in [3.63, 3.8) is 0 Å². The lowest BCUT2D eigenvalue weighted by molar-refractivity contribution is 0.560. The van der Waals surface area contributed by atoms with Crippen LogP contribution in [0.4, 0.5) is 11.4 Å². The van der Waals surface area contributed by atoms with Crippen molar-refractivity contribution in [3.8, 4) is 0 Å². The Morgan fingerprint density at radius 1 is 1.00 bits per heavy atom. The van der Waals surface area contributed by atoms with Crippen LogP contribution in [0.15, 0.2) is 70.7 Å². The molecule has 108 valence electrons. The van der Waals surface area contributed by atoms with Crippen molar-refractivity contribution in [2.45, 2.75) is 13.3 Å². The van der Waals surface area contributed by atoms with Crippen LogP contribution >= 0.6 is 0 Å². The maximum Gasteiger partial charge on any atom is 0.136 e. The van der Waals surface area contributed by atoms with E-state index in [9.17, 15) is 0 Å². The Bertz CT molecular complexity index is 885. The molecule has 0 saturated carbocycles. The molecule has 2 aromatic carbocycles. The topological polar surface area (TPSA) is 25.2 Å². The second-order valence-electron chi connectivity index (χ2n) is 5.69. The summed E-state index contributed by atoms with van der Waals surface area (Å²) in [5.41, 5.74) is 5.57. The van der Waals surface area contributed by atoms with Gasteiger partial charge in [-0.3, -0.25) is 0 Å². The number of anilines is 2. The molecular weight excluding hydrogens is 270 g/mol. The molecule has 0 aliphatic heterocycles. The highest BCUT2D eigenvalue weighted by Crippen LogP contribution is 2.32. The standard InChI is InChI=1S/C20H17NO/c1-14-6-5-9-17-18-11-10-16(13-20(18)22-19(17)12-14)21-15-7-3-2-4-8-15/h2-11,13,21H,12H2,1H3. The second kappa shape index (κ2) is 5.23. The first-order chi connectivity index (χ1) is 10.8. The summed E-state index contributed by atoms with van der Waals surface area (Å²) in [6.07, 6.45) is 7.26. The molecule has 0 atom stereocenters. The van der Waals surface area contributed by atoms with Crippen molar-refractivity contribution in [1.29, 1.82) is 0 Å². The summed E-state index contributed by atoms with van der Waals surface area (Å²) in [7, 11) is 0. The van der Waals surface area contributed by atoms with E-state index in [1.54, 1.807) is 0 Å². The van der Waals surface area contributed by atoms with E-state index >= 15 is 0 Å². The van der Waals surface area contributed by atoms with Gasteiger partial charge in [-0.15, -0.1) is 0 Å². The quantitative estimate of drug-likeness (QED) is 0.654. The van der Waals surface area contributed by atoms with E-state index in [1.807, 2.05) is 18.2 Å². The van der Waals surface area contributed by atoms with Crippen LogP contribution in [0.25, 0.3) is 17.0 Å². The van der Waals surface area contributed by atoms with Gasteiger partial charge < -0.3 is 9.73 Å². The van der Waals surface area contributed by atoms with E-state index < -0.39 is 0 Å². The van der Waals surface area contributed by atoms with Crippen molar-refractivity contribution in [3.05, 3.63) is 77.6 Å². The van der Waals surface area contributed by atoms with Crippen molar-refractivity contribution < 1.29 is 4.42 Å². The molecule has 0 spiro atoms. The molecule has 1 N–H and O–H groups in total. The number of para-hydroxylation sites is 1. The summed E-state index contributed by atoms with van der Waals surface area (Å²) in [5.74, 6) is 1.05. The van der Waals surface area contributed by atoms with Gasteiger partial charge in [-0.1, -0.05) is 42.0 Å². The summed E-state index contributed by atoms with van der Waals surface area (Å²) in [4.78, 5) is 0. The molecule has 1 aromatic heterocycles. The van der Waals surface area contributed by atoms with E-state index in [1.165, 1.54) is 16.5 Å². The van der Waals surface area contributed by atoms with Crippen molar-refractivity contribution in [1.82, 2.24) is 0 Å². The Labute approximate surface area is 129 Å². The molecule has 1 aliphatic rings. The fourth-order valence-electron chi connectivity index (χ4n) is 2.87. The van der Waals surface area contributed by atoms with Crippen LogP contribution in [0.5, 0.6) is 0 Å². The van der Waals surface area contributed by atoms with E-state index in [0.29, 0.717) is 0 Å². The lowest BCUT2D eigenvalue weighted by Gasteiger charge is -2.05. The largest absolute Gasteiger partial charge is 0.460 e. The monoisotopic (exact) mass is 287 g/mol. The van der Waals surface area contributed by atoms with Gasteiger partial charge in [-0.05, 0) is 31.2 Å². The predicted octanol–water partition coefficient (Wildman–Crippen LogP) is 5.69. The molecule has 0 saturated heterocycles. The van der Waals surface area contributed by atoms with Gasteiger partial charge in [0, 0.05) is 34.8 Å². The number of hydrogen-bond donors (Lipinski definition) is 1. The van der Waals surface area contributed by atoms with Gasteiger partial charge in [0.15, 0.2) is 0 Å². The minimum atomic E-state index is 0.873. The Balaban J connectivity index is 1.74. The summed E-state index contributed by atoms with van der Waals surface area (Å²) in [6.45, 7) is 2.13. The third-order valence-corrected chi connectivity index (χ3v) is 3.95. The van der Waals surface area contributed by atoms with E-state index in [4.69, 9.17) is 4.42 Å². The SMILES string of the molecule is CC1=CC=Cc2c(oc3cc(Nc4ccccc4)ccc23)C1. The van der Waals surface area contributed by atoms with Crippen LogP contribution in [-0.2, 0) is 6.42 Å². The highest BCUT2D eigenvalue weighted by atomic mass is 16.3. The zero-order valence-electron chi connectivity index (χ0n) is 12.5. The summed E-state index contributed by atoms with van der Waals surface area (Å²) in [6, 6.07) is 16.5. The van der Waals surface area contributed by atoms with Crippen LogP contribution in [-0.4, -0.2) is 0 Å². The maximum absolute atomic E-state index is 6.09. The average Bonchev–Trinajstić information content (AvgIpc) is 2.74. The fraction of sp³-hybridized carbons (Fsp3) is 0.100. The molecule has 0 amide bonds. The van der Waals surface area contributed by atoms with E-state index in [0.717, 1.165) is 29.1 Å². The first kappa shape index (κ1) is 13.0. The highest BCUT2D eigenvalue weighted by Gasteiger charge is 2.14. The Hall–Kier alpha value is -2.74. The van der Waals surface area contributed by atoms with Gasteiger partial charge in [0.25, 0.3) is 0 Å². The molecule has 2 nitrogen and oxygen atoms in total. The van der Waals surface area contributed by atoms with Crippen molar-refractivity contribution in [2.75, 3.05) is 5.32 Å². The molecule has 4 rings (SSSR count). The Morgan fingerprint density at radius 3 is 2.73 bits per heavy atom. The first-order valence-corrected chi connectivity index (χ1v) is 7.51. The van der Waals surface area contributed by atoms with Gasteiger partial charge in [-0.2, -0.15) is 0 Å². The molecule has 0 fully saturated rings. The van der Waals surface area contributed by atoms with E-state index in [-0.39, 0.29) is 0 Å². The van der Waals surface area contributed by atoms with Gasteiger partial charge in [0.1, 0.15) is 11.3 Å². The Kier molecular flexibility index (Phi) is 3.08.